The molecule has 0 radical (unpaired) electrons. The van der Waals surface area contributed by atoms with Crippen molar-refractivity contribution in [1.29, 1.82) is 0 Å². The van der Waals surface area contributed by atoms with Crippen LogP contribution in [0.3, 0.4) is 0 Å². The third-order valence-electron chi connectivity index (χ3n) is 3.20. The third-order valence-corrected chi connectivity index (χ3v) is 3.20. The predicted molar refractivity (Wildman–Crippen MR) is 79.5 cm³/mol. The number of aliphatic carboxylic acids is 1. The highest BCUT2D eigenvalue weighted by atomic mass is 16.4. The summed E-state index contributed by atoms with van der Waals surface area (Å²) >= 11 is 0. The molecule has 0 saturated heterocycles. The number of carboxylic acid groups (broad SMARTS) is 1. The van der Waals surface area contributed by atoms with E-state index in [1.807, 2.05) is 21.1 Å². The maximum absolute atomic E-state index is 12.2. The topological polar surface area (TPSA) is 109 Å². The van der Waals surface area contributed by atoms with Crippen LogP contribution in [0.5, 0.6) is 0 Å². The monoisotopic (exact) mass is 305 g/mol. The molecule has 0 heterocycles. The van der Waals surface area contributed by atoms with E-state index in [-0.39, 0.29) is 24.2 Å². The number of ketones is 1. The smallest absolute Gasteiger partial charge is 0.177 e. The number of nitrogens with zero attached hydrogens (tertiary/aromatic N) is 1. The zero-order valence-electron chi connectivity index (χ0n) is 13.8. The van der Waals surface area contributed by atoms with Gasteiger partial charge in [0.05, 0.1) is 21.1 Å². The van der Waals surface area contributed by atoms with Gasteiger partial charge in [-0.15, -0.1) is 0 Å². The first-order valence-corrected chi connectivity index (χ1v) is 7.37. The average Bonchev–Trinajstić information content (AvgIpc) is 2.24. The molecule has 0 bridgehead atoms. The quantitative estimate of drug-likeness (QED) is 0.416. The SMILES string of the molecule is CCCCCCCC(=O)[C@@](O)(CC(=O)[O-])C[N+](C)(C)C.O. The molecule has 6 nitrogen and oxygen atoms in total. The lowest BCUT2D eigenvalue weighted by Gasteiger charge is -2.34. The van der Waals surface area contributed by atoms with Crippen LogP contribution in [0.2, 0.25) is 0 Å². The fourth-order valence-corrected chi connectivity index (χ4v) is 2.39. The molecule has 0 rings (SSSR count). The fraction of sp³-hybridized carbons (Fsp3) is 0.867. The van der Waals surface area contributed by atoms with Gasteiger partial charge in [0.1, 0.15) is 6.54 Å². The summed E-state index contributed by atoms with van der Waals surface area (Å²) in [6.45, 7) is 2.19. The van der Waals surface area contributed by atoms with Crippen LogP contribution in [0.1, 0.15) is 51.9 Å². The molecule has 0 saturated carbocycles. The first kappa shape index (κ1) is 22.3. The van der Waals surface area contributed by atoms with E-state index in [0.29, 0.717) is 10.9 Å². The van der Waals surface area contributed by atoms with Crippen molar-refractivity contribution in [2.75, 3.05) is 27.7 Å². The minimum atomic E-state index is -1.82. The number of quaternary nitrogens is 1. The van der Waals surface area contributed by atoms with Crippen LogP contribution >= 0.6 is 0 Å². The molecule has 21 heavy (non-hydrogen) atoms. The van der Waals surface area contributed by atoms with E-state index < -0.39 is 18.0 Å². The molecule has 0 aromatic rings. The van der Waals surface area contributed by atoms with Gasteiger partial charge in [-0.25, -0.2) is 0 Å². The first-order valence-electron chi connectivity index (χ1n) is 7.37. The molecule has 0 aliphatic carbocycles. The van der Waals surface area contributed by atoms with Crippen molar-refractivity contribution in [2.45, 2.75) is 57.5 Å². The first-order chi connectivity index (χ1) is 9.10. The number of carboxylic acids is 1. The van der Waals surface area contributed by atoms with E-state index in [4.69, 9.17) is 0 Å². The number of Topliss-reactive ketones (excluding diaryl/α,β-unsaturated/α-hetero) is 1. The van der Waals surface area contributed by atoms with Crippen LogP contribution in [-0.4, -0.2) is 60.1 Å². The maximum atomic E-state index is 12.2. The van der Waals surface area contributed by atoms with E-state index in [9.17, 15) is 19.8 Å². The number of unbranched alkanes of at least 4 members (excludes halogenated alkanes) is 4. The number of hydrogen-bond acceptors (Lipinski definition) is 4. The lowest BCUT2D eigenvalue weighted by Crippen LogP contribution is -2.56. The molecular weight excluding hydrogens is 274 g/mol. The summed E-state index contributed by atoms with van der Waals surface area (Å²) < 4.78 is 0.325. The predicted octanol–water partition coefficient (Wildman–Crippen LogP) is -0.331. The molecule has 3 N–H and O–H groups in total. The molecule has 1 atom stereocenters. The van der Waals surface area contributed by atoms with Gasteiger partial charge in [0.15, 0.2) is 11.4 Å². The zero-order valence-corrected chi connectivity index (χ0v) is 13.8. The molecule has 0 spiro atoms. The second-order valence-electron chi connectivity index (χ2n) is 6.62. The van der Waals surface area contributed by atoms with Crippen LogP contribution in [0.4, 0.5) is 0 Å². The Morgan fingerprint density at radius 3 is 2.05 bits per heavy atom. The highest BCUT2D eigenvalue weighted by molar-refractivity contribution is 5.90. The summed E-state index contributed by atoms with van der Waals surface area (Å²) in [7, 11) is 5.44. The van der Waals surface area contributed by atoms with Gasteiger partial charge < -0.3 is 25.0 Å². The Bertz CT molecular complexity index is 325. The van der Waals surface area contributed by atoms with Gasteiger partial charge in [0, 0.05) is 18.8 Å². The summed E-state index contributed by atoms with van der Waals surface area (Å²) in [5.74, 6) is -1.77. The number of hydrogen-bond donors (Lipinski definition) is 1. The molecule has 0 amide bonds. The number of likely N-dealkylation sites (N-methyl/N-ethyl adjacent to an activating group) is 1. The Balaban J connectivity index is 0. The molecule has 126 valence electrons. The summed E-state index contributed by atoms with van der Waals surface area (Å²) in [4.78, 5) is 22.9. The van der Waals surface area contributed by atoms with Gasteiger partial charge in [-0.1, -0.05) is 32.6 Å². The Hall–Kier alpha value is -0.980. The Labute approximate surface area is 127 Å². The maximum Gasteiger partial charge on any atom is 0.177 e. The molecule has 0 aromatic heterocycles. The second kappa shape index (κ2) is 9.87. The normalized spacial score (nSPS) is 14.1. The minimum absolute atomic E-state index is 0. The Morgan fingerprint density at radius 2 is 1.62 bits per heavy atom. The summed E-state index contributed by atoms with van der Waals surface area (Å²) in [5, 5.41) is 21.2. The van der Waals surface area contributed by atoms with Crippen molar-refractivity contribution in [3.8, 4) is 0 Å². The van der Waals surface area contributed by atoms with Crippen LogP contribution in [0.15, 0.2) is 0 Å². The molecule has 0 unspecified atom stereocenters. The third kappa shape index (κ3) is 10.4. The molecule has 0 aromatic carbocycles. The van der Waals surface area contributed by atoms with E-state index >= 15 is 0 Å². The number of aliphatic hydroxyl groups is 1. The minimum Gasteiger partial charge on any atom is -0.550 e. The van der Waals surface area contributed by atoms with Crippen molar-refractivity contribution in [3.05, 3.63) is 0 Å². The highest BCUT2D eigenvalue weighted by Crippen LogP contribution is 2.19. The van der Waals surface area contributed by atoms with Crippen molar-refractivity contribution < 1.29 is 29.8 Å². The molecule has 0 aliphatic rings. The summed E-state index contributed by atoms with van der Waals surface area (Å²) in [6, 6.07) is 0. The van der Waals surface area contributed by atoms with E-state index in [1.54, 1.807) is 0 Å². The largest absolute Gasteiger partial charge is 0.550 e. The van der Waals surface area contributed by atoms with Crippen LogP contribution in [-0.2, 0) is 9.59 Å². The fourth-order valence-electron chi connectivity index (χ4n) is 2.39. The van der Waals surface area contributed by atoms with Crippen molar-refractivity contribution in [3.63, 3.8) is 0 Å². The lowest BCUT2D eigenvalue weighted by molar-refractivity contribution is -0.875. The van der Waals surface area contributed by atoms with Gasteiger partial charge in [-0.05, 0) is 6.42 Å². The molecule has 0 fully saturated rings. The van der Waals surface area contributed by atoms with Crippen LogP contribution < -0.4 is 5.11 Å². The van der Waals surface area contributed by atoms with Crippen molar-refractivity contribution >= 4 is 11.8 Å². The summed E-state index contributed by atoms with van der Waals surface area (Å²) in [5.41, 5.74) is -1.82. The molecule has 6 heteroatoms. The highest BCUT2D eigenvalue weighted by Gasteiger charge is 2.40. The van der Waals surface area contributed by atoms with E-state index in [2.05, 4.69) is 6.92 Å². The average molecular weight is 305 g/mol. The van der Waals surface area contributed by atoms with Gasteiger partial charge in [0.2, 0.25) is 0 Å². The Kier molecular flexibility index (Phi) is 10.5. The van der Waals surface area contributed by atoms with Gasteiger partial charge in [-0.2, -0.15) is 0 Å². The second-order valence-corrected chi connectivity index (χ2v) is 6.62. The number of carbonyl (C=O) groups excluding carboxylic acids is 2. The van der Waals surface area contributed by atoms with E-state index in [0.717, 1.165) is 25.7 Å². The lowest BCUT2D eigenvalue weighted by atomic mass is 9.89. The van der Waals surface area contributed by atoms with E-state index in [1.165, 1.54) is 0 Å². The zero-order chi connectivity index (χ0) is 15.8. The standard InChI is InChI=1S/C15H29NO4.H2O/c1-5-6-7-8-9-10-13(17)15(20,11-14(18)19)12-16(2,3)4;/h20H,5-12H2,1-4H3;1H2/t15-;/m1./s1. The number of carbonyl (C=O) groups is 2. The Morgan fingerprint density at radius 1 is 1.10 bits per heavy atom. The van der Waals surface area contributed by atoms with Crippen molar-refractivity contribution in [2.24, 2.45) is 0 Å². The summed E-state index contributed by atoms with van der Waals surface area (Å²) in [6.07, 6.45) is 4.57. The number of rotatable bonds is 11. The molecular formula is C15H31NO5. The van der Waals surface area contributed by atoms with Gasteiger partial charge in [-0.3, -0.25) is 4.79 Å². The van der Waals surface area contributed by atoms with Crippen LogP contribution in [0.25, 0.3) is 0 Å². The van der Waals surface area contributed by atoms with Gasteiger partial charge in [0.25, 0.3) is 0 Å². The van der Waals surface area contributed by atoms with Crippen molar-refractivity contribution in [1.82, 2.24) is 0 Å². The van der Waals surface area contributed by atoms with Crippen LogP contribution in [0, 0.1) is 0 Å². The van der Waals surface area contributed by atoms with Gasteiger partial charge >= 0.3 is 0 Å². The molecule has 0 aliphatic heterocycles.